The number of pyridine rings is 1. The van der Waals surface area contributed by atoms with Crippen LogP contribution in [0.2, 0.25) is 0 Å². The number of carbonyl (C=O) groups is 1. The number of carbonyl (C=O) groups excluding carboxylic acids is 1. The van der Waals surface area contributed by atoms with Crippen LogP contribution in [-0.2, 0) is 0 Å². The van der Waals surface area contributed by atoms with E-state index < -0.39 is 0 Å². The highest BCUT2D eigenvalue weighted by Gasteiger charge is 2.06. The summed E-state index contributed by atoms with van der Waals surface area (Å²) in [5.74, 6) is 2.69. The van der Waals surface area contributed by atoms with Crippen LogP contribution in [0.25, 0.3) is 0 Å². The molecule has 0 atom stereocenters. The van der Waals surface area contributed by atoms with Gasteiger partial charge < -0.3 is 21.3 Å². The van der Waals surface area contributed by atoms with Crippen molar-refractivity contribution in [3.8, 4) is 0 Å². The lowest BCUT2D eigenvalue weighted by atomic mass is 10.1. The Labute approximate surface area is 176 Å². The highest BCUT2D eigenvalue weighted by atomic mass is 16.2. The number of benzene rings is 1. The van der Waals surface area contributed by atoms with Crippen molar-refractivity contribution in [3.05, 3.63) is 65.1 Å². The standard InChI is InChI=1S/C22H27N7O/c1-14-5-6-18(16(3)11-14)28-22(30)25-10-9-24-20-13-21(27-17(4)26-20)29-19-12-15(2)7-8-23-19/h5-8,11-13H,9-10H2,1-4H3,(H2,25,28,30)(H2,23,24,26,27,29). The predicted molar refractivity (Wildman–Crippen MR) is 120 cm³/mol. The number of anilines is 4. The molecule has 0 aliphatic carbocycles. The van der Waals surface area contributed by atoms with Crippen LogP contribution in [0.3, 0.4) is 0 Å². The molecule has 0 saturated heterocycles. The van der Waals surface area contributed by atoms with E-state index in [9.17, 15) is 4.79 Å². The van der Waals surface area contributed by atoms with Crippen molar-refractivity contribution in [2.45, 2.75) is 27.7 Å². The number of hydrogen-bond acceptors (Lipinski definition) is 6. The average Bonchev–Trinajstić information content (AvgIpc) is 2.67. The van der Waals surface area contributed by atoms with Crippen LogP contribution >= 0.6 is 0 Å². The molecule has 0 aliphatic heterocycles. The van der Waals surface area contributed by atoms with Crippen LogP contribution in [0.15, 0.2) is 42.6 Å². The van der Waals surface area contributed by atoms with E-state index in [1.807, 2.05) is 64.1 Å². The Balaban J connectivity index is 1.49. The summed E-state index contributed by atoms with van der Waals surface area (Å²) < 4.78 is 0. The fourth-order valence-corrected chi connectivity index (χ4v) is 2.94. The highest BCUT2D eigenvalue weighted by Crippen LogP contribution is 2.17. The van der Waals surface area contributed by atoms with Crippen LogP contribution in [0.4, 0.5) is 27.9 Å². The van der Waals surface area contributed by atoms with Crippen molar-refractivity contribution in [1.29, 1.82) is 0 Å². The Kier molecular flexibility index (Phi) is 6.79. The molecular formula is C22H27N7O. The Morgan fingerprint density at radius 3 is 2.40 bits per heavy atom. The quantitative estimate of drug-likeness (QED) is 0.442. The van der Waals surface area contributed by atoms with Gasteiger partial charge in [-0.3, -0.25) is 0 Å². The van der Waals surface area contributed by atoms with Crippen molar-refractivity contribution in [2.24, 2.45) is 0 Å². The summed E-state index contributed by atoms with van der Waals surface area (Å²) in [5.41, 5.74) is 4.11. The molecule has 2 heterocycles. The van der Waals surface area contributed by atoms with E-state index in [0.29, 0.717) is 30.5 Å². The van der Waals surface area contributed by atoms with Crippen molar-refractivity contribution >= 4 is 29.2 Å². The van der Waals surface area contributed by atoms with Gasteiger partial charge in [0.1, 0.15) is 23.3 Å². The van der Waals surface area contributed by atoms with Gasteiger partial charge >= 0.3 is 6.03 Å². The number of nitrogens with one attached hydrogen (secondary N) is 4. The molecule has 0 spiro atoms. The van der Waals surface area contributed by atoms with Crippen LogP contribution in [0.5, 0.6) is 0 Å². The number of rotatable bonds is 7. The molecule has 2 amide bonds. The van der Waals surface area contributed by atoms with Crippen molar-refractivity contribution in [3.63, 3.8) is 0 Å². The van der Waals surface area contributed by atoms with Gasteiger partial charge in [-0.1, -0.05) is 17.7 Å². The lowest BCUT2D eigenvalue weighted by Crippen LogP contribution is -2.33. The molecule has 3 rings (SSSR count). The molecular weight excluding hydrogens is 378 g/mol. The Bertz CT molecular complexity index is 1040. The lowest BCUT2D eigenvalue weighted by molar-refractivity contribution is 0.252. The third-order valence-corrected chi connectivity index (χ3v) is 4.36. The first-order valence-electron chi connectivity index (χ1n) is 9.80. The summed E-state index contributed by atoms with van der Waals surface area (Å²) in [7, 11) is 0. The van der Waals surface area contributed by atoms with Gasteiger partial charge in [-0.25, -0.2) is 19.7 Å². The topological polar surface area (TPSA) is 104 Å². The van der Waals surface area contributed by atoms with E-state index in [2.05, 4.69) is 36.2 Å². The van der Waals surface area contributed by atoms with Gasteiger partial charge in [0, 0.05) is 31.0 Å². The maximum Gasteiger partial charge on any atom is 0.319 e. The van der Waals surface area contributed by atoms with E-state index >= 15 is 0 Å². The minimum absolute atomic E-state index is 0.240. The zero-order valence-corrected chi connectivity index (χ0v) is 17.7. The van der Waals surface area contributed by atoms with Crippen molar-refractivity contribution in [2.75, 3.05) is 29.0 Å². The number of amides is 2. The van der Waals surface area contributed by atoms with Crippen molar-refractivity contribution < 1.29 is 4.79 Å². The molecule has 0 fully saturated rings. The fourth-order valence-electron chi connectivity index (χ4n) is 2.94. The Morgan fingerprint density at radius 1 is 0.867 bits per heavy atom. The van der Waals surface area contributed by atoms with Gasteiger partial charge in [0.05, 0.1) is 0 Å². The predicted octanol–water partition coefficient (Wildman–Crippen LogP) is 4.08. The third kappa shape index (κ3) is 6.16. The second-order valence-electron chi connectivity index (χ2n) is 7.16. The summed E-state index contributed by atoms with van der Waals surface area (Å²) in [6.07, 6.45) is 1.75. The summed E-state index contributed by atoms with van der Waals surface area (Å²) in [5, 5.41) is 12.1. The van der Waals surface area contributed by atoms with Crippen molar-refractivity contribution in [1.82, 2.24) is 20.3 Å². The number of aromatic nitrogens is 3. The van der Waals surface area contributed by atoms with Crippen LogP contribution in [0.1, 0.15) is 22.5 Å². The zero-order chi connectivity index (χ0) is 21.5. The Morgan fingerprint density at radius 2 is 1.63 bits per heavy atom. The number of aryl methyl sites for hydroxylation is 4. The van der Waals surface area contributed by atoms with Gasteiger partial charge in [0.25, 0.3) is 0 Å². The molecule has 0 saturated carbocycles. The van der Waals surface area contributed by atoms with Gasteiger partial charge in [0.15, 0.2) is 0 Å². The first kappa shape index (κ1) is 21.0. The number of urea groups is 1. The fraction of sp³-hybridized carbons (Fsp3) is 0.273. The molecule has 8 nitrogen and oxygen atoms in total. The molecule has 4 N–H and O–H groups in total. The van der Waals surface area contributed by atoms with E-state index in [1.54, 1.807) is 6.20 Å². The lowest BCUT2D eigenvalue weighted by Gasteiger charge is -2.12. The average molecular weight is 406 g/mol. The highest BCUT2D eigenvalue weighted by molar-refractivity contribution is 5.90. The first-order chi connectivity index (χ1) is 14.4. The smallest absolute Gasteiger partial charge is 0.319 e. The summed E-state index contributed by atoms with van der Waals surface area (Å²) in [6.45, 7) is 8.81. The minimum atomic E-state index is -0.240. The summed E-state index contributed by atoms with van der Waals surface area (Å²) in [6, 6.07) is 11.4. The van der Waals surface area contributed by atoms with Gasteiger partial charge in [-0.2, -0.15) is 0 Å². The maximum atomic E-state index is 12.1. The molecule has 3 aromatic rings. The van der Waals surface area contributed by atoms with E-state index in [0.717, 1.165) is 28.2 Å². The molecule has 156 valence electrons. The molecule has 0 unspecified atom stereocenters. The molecule has 1 aromatic carbocycles. The molecule has 0 aliphatic rings. The van der Waals surface area contributed by atoms with E-state index in [-0.39, 0.29) is 6.03 Å². The third-order valence-electron chi connectivity index (χ3n) is 4.36. The van der Waals surface area contributed by atoms with E-state index in [1.165, 1.54) is 0 Å². The largest absolute Gasteiger partial charge is 0.368 e. The Hall–Kier alpha value is -3.68. The monoisotopic (exact) mass is 405 g/mol. The van der Waals surface area contributed by atoms with Gasteiger partial charge in [-0.05, 0) is 57.0 Å². The summed E-state index contributed by atoms with van der Waals surface area (Å²) >= 11 is 0. The normalized spacial score (nSPS) is 10.4. The molecule has 8 heteroatoms. The van der Waals surface area contributed by atoms with Crippen LogP contribution in [-0.4, -0.2) is 34.1 Å². The van der Waals surface area contributed by atoms with Crippen LogP contribution in [0, 0.1) is 27.7 Å². The van der Waals surface area contributed by atoms with E-state index in [4.69, 9.17) is 0 Å². The maximum absolute atomic E-state index is 12.1. The van der Waals surface area contributed by atoms with Crippen LogP contribution < -0.4 is 21.3 Å². The first-order valence-corrected chi connectivity index (χ1v) is 9.80. The zero-order valence-electron chi connectivity index (χ0n) is 17.7. The second-order valence-corrected chi connectivity index (χ2v) is 7.16. The minimum Gasteiger partial charge on any atom is -0.368 e. The molecule has 2 aromatic heterocycles. The molecule has 30 heavy (non-hydrogen) atoms. The molecule has 0 radical (unpaired) electrons. The van der Waals surface area contributed by atoms with Gasteiger partial charge in [-0.15, -0.1) is 0 Å². The van der Waals surface area contributed by atoms with Gasteiger partial charge in [0.2, 0.25) is 0 Å². The second kappa shape index (κ2) is 9.69. The summed E-state index contributed by atoms with van der Waals surface area (Å²) in [4.78, 5) is 25.2. The number of nitrogens with zero attached hydrogens (tertiary/aromatic N) is 3. The number of hydrogen-bond donors (Lipinski definition) is 4. The SMILES string of the molecule is Cc1ccnc(Nc2cc(NCCNC(=O)Nc3ccc(C)cc3C)nc(C)n2)c1. The molecule has 0 bridgehead atoms.